The molecular weight excluding hydrogens is 318 g/mol. The van der Waals surface area contributed by atoms with Gasteiger partial charge in [-0.1, -0.05) is 6.07 Å². The van der Waals surface area contributed by atoms with Crippen LogP contribution in [0.25, 0.3) is 0 Å². The number of benzene rings is 1. The minimum absolute atomic E-state index is 0.0296. The van der Waals surface area contributed by atoms with Gasteiger partial charge in [-0.2, -0.15) is 5.10 Å². The number of amides is 1. The van der Waals surface area contributed by atoms with Crippen molar-refractivity contribution in [2.45, 2.75) is 32.2 Å². The molecule has 1 aliphatic heterocycles. The van der Waals surface area contributed by atoms with E-state index in [1.807, 2.05) is 45.3 Å². The predicted molar refractivity (Wildman–Crippen MR) is 92.8 cm³/mol. The highest BCUT2D eigenvalue weighted by molar-refractivity contribution is 5.83. The van der Waals surface area contributed by atoms with Crippen LogP contribution in [-0.2, 0) is 11.8 Å². The monoisotopic (exact) mass is 341 g/mol. The molecule has 1 aromatic carbocycles. The van der Waals surface area contributed by atoms with Crippen molar-refractivity contribution >= 4 is 5.91 Å². The normalized spacial score (nSPS) is 22.4. The quantitative estimate of drug-likeness (QED) is 0.928. The number of fused-ring (bicyclic) bond motifs is 1. The zero-order valence-corrected chi connectivity index (χ0v) is 14.8. The highest BCUT2D eigenvalue weighted by atomic mass is 16.6. The molecule has 0 saturated heterocycles. The summed E-state index contributed by atoms with van der Waals surface area (Å²) in [5, 5.41) is 7.47. The van der Waals surface area contributed by atoms with E-state index in [1.165, 1.54) is 0 Å². The number of carbonyl (C=O) groups is 1. The average molecular weight is 341 g/mol. The fraction of sp³-hybridized carbons (Fsp3) is 0.474. The number of hydrogen-bond acceptors (Lipinski definition) is 4. The van der Waals surface area contributed by atoms with E-state index < -0.39 is 0 Å². The van der Waals surface area contributed by atoms with E-state index in [2.05, 4.69) is 10.4 Å². The van der Waals surface area contributed by atoms with Crippen molar-refractivity contribution in [2.24, 2.45) is 13.0 Å². The fourth-order valence-corrected chi connectivity index (χ4v) is 3.58. The third-order valence-electron chi connectivity index (χ3n) is 5.00. The van der Waals surface area contributed by atoms with Gasteiger partial charge in [0.25, 0.3) is 0 Å². The first kappa shape index (κ1) is 16.0. The van der Waals surface area contributed by atoms with Crippen molar-refractivity contribution in [3.8, 4) is 11.5 Å². The molecule has 1 fully saturated rings. The summed E-state index contributed by atoms with van der Waals surface area (Å²) in [6, 6.07) is 5.96. The predicted octanol–water partition coefficient (Wildman–Crippen LogP) is 2.48. The third kappa shape index (κ3) is 3.08. The lowest BCUT2D eigenvalue weighted by Gasteiger charge is -2.19. The Morgan fingerprint density at radius 1 is 1.32 bits per heavy atom. The minimum atomic E-state index is -0.0392. The molecule has 2 aliphatic rings. The van der Waals surface area contributed by atoms with E-state index in [1.54, 1.807) is 4.68 Å². The van der Waals surface area contributed by atoms with Crippen LogP contribution in [0.15, 0.2) is 24.4 Å². The number of rotatable bonds is 4. The molecule has 4 rings (SSSR count). The van der Waals surface area contributed by atoms with Gasteiger partial charge in [0.15, 0.2) is 11.5 Å². The van der Waals surface area contributed by atoms with Crippen molar-refractivity contribution in [3.63, 3.8) is 0 Å². The number of nitrogens with one attached hydrogen (secondary N) is 1. The van der Waals surface area contributed by atoms with Gasteiger partial charge in [-0.15, -0.1) is 0 Å². The second-order valence-corrected chi connectivity index (χ2v) is 6.93. The third-order valence-corrected chi connectivity index (χ3v) is 5.00. The van der Waals surface area contributed by atoms with Crippen LogP contribution in [0.5, 0.6) is 11.5 Å². The number of aryl methyl sites for hydroxylation is 2. The molecule has 25 heavy (non-hydrogen) atoms. The Morgan fingerprint density at radius 2 is 2.08 bits per heavy atom. The molecule has 1 amide bonds. The molecule has 0 unspecified atom stereocenters. The van der Waals surface area contributed by atoms with Crippen molar-refractivity contribution < 1.29 is 14.3 Å². The summed E-state index contributed by atoms with van der Waals surface area (Å²) in [5.74, 6) is 1.97. The zero-order chi connectivity index (χ0) is 17.6. The first-order chi connectivity index (χ1) is 12.0. The van der Waals surface area contributed by atoms with Crippen LogP contribution in [-0.4, -0.2) is 28.9 Å². The van der Waals surface area contributed by atoms with Gasteiger partial charge in [-0.3, -0.25) is 9.48 Å². The molecule has 1 saturated carbocycles. The summed E-state index contributed by atoms with van der Waals surface area (Å²) in [5.41, 5.74) is 3.16. The molecule has 6 nitrogen and oxygen atoms in total. The Bertz CT molecular complexity index is 814. The fourth-order valence-electron chi connectivity index (χ4n) is 3.58. The summed E-state index contributed by atoms with van der Waals surface area (Å²) >= 11 is 0. The topological polar surface area (TPSA) is 65.4 Å². The lowest BCUT2D eigenvalue weighted by molar-refractivity contribution is -0.123. The summed E-state index contributed by atoms with van der Waals surface area (Å²) in [4.78, 5) is 12.6. The van der Waals surface area contributed by atoms with E-state index in [4.69, 9.17) is 9.47 Å². The van der Waals surface area contributed by atoms with Gasteiger partial charge in [-0.25, -0.2) is 0 Å². The van der Waals surface area contributed by atoms with E-state index in [0.717, 1.165) is 34.7 Å². The van der Waals surface area contributed by atoms with Crippen molar-refractivity contribution in [1.82, 2.24) is 15.1 Å². The van der Waals surface area contributed by atoms with Gasteiger partial charge < -0.3 is 14.8 Å². The van der Waals surface area contributed by atoms with Gasteiger partial charge in [-0.05, 0) is 43.9 Å². The Balaban J connectivity index is 1.41. The average Bonchev–Trinajstić information content (AvgIpc) is 3.33. The Morgan fingerprint density at radius 3 is 2.80 bits per heavy atom. The maximum Gasteiger partial charge on any atom is 0.224 e. The lowest BCUT2D eigenvalue weighted by atomic mass is 10.1. The smallest absolute Gasteiger partial charge is 0.224 e. The molecule has 1 N–H and O–H groups in total. The van der Waals surface area contributed by atoms with Crippen LogP contribution < -0.4 is 14.8 Å². The highest BCUT2D eigenvalue weighted by Gasteiger charge is 2.44. The number of ether oxygens (including phenoxy) is 2. The first-order valence-electron chi connectivity index (χ1n) is 8.73. The molecule has 1 aromatic heterocycles. The van der Waals surface area contributed by atoms with Gasteiger partial charge in [0.2, 0.25) is 5.91 Å². The Hall–Kier alpha value is -2.50. The summed E-state index contributed by atoms with van der Waals surface area (Å²) in [7, 11) is 1.89. The van der Waals surface area contributed by atoms with Crippen LogP contribution in [0, 0.1) is 12.8 Å². The molecule has 0 radical (unpaired) electrons. The summed E-state index contributed by atoms with van der Waals surface area (Å²) in [6.07, 6.45) is 2.84. The number of hydrogen-bond donors (Lipinski definition) is 1. The van der Waals surface area contributed by atoms with Crippen molar-refractivity contribution in [2.75, 3.05) is 13.2 Å². The lowest BCUT2D eigenvalue weighted by Crippen LogP contribution is -2.28. The zero-order valence-electron chi connectivity index (χ0n) is 14.8. The summed E-state index contributed by atoms with van der Waals surface area (Å²) < 4.78 is 13.0. The molecule has 1 aliphatic carbocycles. The molecule has 0 bridgehead atoms. The number of aromatic nitrogens is 2. The van der Waals surface area contributed by atoms with Crippen LogP contribution >= 0.6 is 0 Å². The Labute approximate surface area is 147 Å². The van der Waals surface area contributed by atoms with E-state index in [0.29, 0.717) is 13.2 Å². The highest BCUT2D eigenvalue weighted by Crippen LogP contribution is 2.49. The maximum absolute atomic E-state index is 12.6. The maximum atomic E-state index is 12.6. The van der Waals surface area contributed by atoms with E-state index in [-0.39, 0.29) is 23.8 Å². The molecule has 6 heteroatoms. The second-order valence-electron chi connectivity index (χ2n) is 6.93. The van der Waals surface area contributed by atoms with Gasteiger partial charge in [0, 0.05) is 24.7 Å². The molecule has 132 valence electrons. The molecule has 3 atom stereocenters. The van der Waals surface area contributed by atoms with Gasteiger partial charge in [0.1, 0.15) is 13.2 Å². The van der Waals surface area contributed by atoms with Crippen LogP contribution in [0.2, 0.25) is 0 Å². The van der Waals surface area contributed by atoms with Crippen molar-refractivity contribution in [1.29, 1.82) is 0 Å². The SMILES string of the molecule is Cc1nn(C)cc1[C@H](C)NC(=O)[C@H]1C[C@@H]1c1ccc2c(c1)OCCO2. The number of carbonyl (C=O) groups excluding carboxylic acids is 1. The number of nitrogens with zero attached hydrogens (tertiary/aromatic N) is 2. The standard InChI is InChI=1S/C19H23N3O3/c1-11(16-10-22(3)21-12(16)2)20-19(23)15-9-14(15)13-4-5-17-18(8-13)25-7-6-24-17/h4-5,8,10-11,14-15H,6-7,9H2,1-3H3,(H,20,23)/t11-,14+,15-/m0/s1. The largest absolute Gasteiger partial charge is 0.486 e. The van der Waals surface area contributed by atoms with Crippen molar-refractivity contribution in [3.05, 3.63) is 41.2 Å². The van der Waals surface area contributed by atoms with Crippen LogP contribution in [0.3, 0.4) is 0 Å². The van der Waals surface area contributed by atoms with Gasteiger partial charge >= 0.3 is 0 Å². The minimum Gasteiger partial charge on any atom is -0.486 e. The molecule has 2 aromatic rings. The molecule has 2 heterocycles. The van der Waals surface area contributed by atoms with E-state index >= 15 is 0 Å². The molecule has 0 spiro atoms. The molecular formula is C19H23N3O3. The summed E-state index contributed by atoms with van der Waals surface area (Å²) in [6.45, 7) is 5.13. The van der Waals surface area contributed by atoms with Gasteiger partial charge in [0.05, 0.1) is 11.7 Å². The first-order valence-corrected chi connectivity index (χ1v) is 8.73. The van der Waals surface area contributed by atoms with Crippen LogP contribution in [0.4, 0.5) is 0 Å². The second kappa shape index (κ2) is 6.10. The van der Waals surface area contributed by atoms with E-state index in [9.17, 15) is 4.79 Å². The van der Waals surface area contributed by atoms with Crippen LogP contribution in [0.1, 0.15) is 42.1 Å². The Kier molecular flexibility index (Phi) is 3.90.